The van der Waals surface area contributed by atoms with E-state index in [1.54, 1.807) is 0 Å². The van der Waals surface area contributed by atoms with Gasteiger partial charge in [0.25, 0.3) is 0 Å². The van der Waals surface area contributed by atoms with Crippen molar-refractivity contribution in [3.05, 3.63) is 12.7 Å². The summed E-state index contributed by atoms with van der Waals surface area (Å²) < 4.78 is 0. The van der Waals surface area contributed by atoms with Gasteiger partial charge in [-0.15, -0.1) is 6.58 Å². The average Bonchev–Trinajstić information content (AvgIpc) is 1.98. The van der Waals surface area contributed by atoms with Crippen LogP contribution in [0.3, 0.4) is 0 Å². The number of nitrogens with one attached hydrogen (secondary N) is 1. The molecule has 2 amide bonds. The van der Waals surface area contributed by atoms with Gasteiger partial charge in [-0.2, -0.15) is 0 Å². The van der Waals surface area contributed by atoms with Crippen molar-refractivity contribution in [3.8, 4) is 0 Å². The summed E-state index contributed by atoms with van der Waals surface area (Å²) in [6.45, 7) is 3.72. The lowest BCUT2D eigenvalue weighted by Crippen LogP contribution is -2.39. The lowest BCUT2D eigenvalue weighted by atomic mass is 10.5. The van der Waals surface area contributed by atoms with Crippen LogP contribution in [0.1, 0.15) is 0 Å². The van der Waals surface area contributed by atoms with Gasteiger partial charge in [-0.25, -0.2) is 0 Å². The molecule has 0 bridgehead atoms. The maximum absolute atomic E-state index is 10.8. The highest BCUT2D eigenvalue weighted by molar-refractivity contribution is 6.34. The molecular weight excluding hydrogens is 144 g/mol. The molecule has 0 aromatic carbocycles. The number of carbonyl (C=O) groups is 2. The second kappa shape index (κ2) is 4.49. The monoisotopic (exact) mass is 156 g/mol. The molecule has 0 fully saturated rings. The van der Waals surface area contributed by atoms with Crippen molar-refractivity contribution >= 4 is 11.8 Å². The Labute approximate surface area is 65.9 Å². The van der Waals surface area contributed by atoms with Crippen molar-refractivity contribution in [1.29, 1.82) is 0 Å². The van der Waals surface area contributed by atoms with E-state index in [1.807, 2.05) is 0 Å². The standard InChI is InChI=1S/C7H12N2O2/c1-4-5-8-6(10)7(11)9(2)3/h4H,1,5H2,2-3H3,(H,8,10). The molecule has 0 unspecified atom stereocenters. The van der Waals surface area contributed by atoms with Crippen LogP contribution in [0.2, 0.25) is 0 Å². The molecule has 0 radical (unpaired) electrons. The summed E-state index contributed by atoms with van der Waals surface area (Å²) in [7, 11) is 3.05. The molecule has 0 aliphatic rings. The summed E-state index contributed by atoms with van der Waals surface area (Å²) in [4.78, 5) is 22.8. The van der Waals surface area contributed by atoms with Crippen LogP contribution in [0.15, 0.2) is 12.7 Å². The topological polar surface area (TPSA) is 49.4 Å². The summed E-state index contributed by atoms with van der Waals surface area (Å²) in [6, 6.07) is 0. The largest absolute Gasteiger partial charge is 0.344 e. The third kappa shape index (κ3) is 3.40. The third-order valence-corrected chi connectivity index (χ3v) is 1.01. The van der Waals surface area contributed by atoms with Gasteiger partial charge >= 0.3 is 11.8 Å². The molecule has 4 nitrogen and oxygen atoms in total. The molecule has 62 valence electrons. The molecule has 0 aromatic rings. The first kappa shape index (κ1) is 9.68. The average molecular weight is 156 g/mol. The third-order valence-electron chi connectivity index (χ3n) is 1.01. The van der Waals surface area contributed by atoms with E-state index in [1.165, 1.54) is 25.1 Å². The summed E-state index contributed by atoms with van der Waals surface area (Å²) in [6.07, 6.45) is 1.51. The van der Waals surface area contributed by atoms with Crippen molar-refractivity contribution < 1.29 is 9.59 Å². The fraction of sp³-hybridized carbons (Fsp3) is 0.429. The zero-order valence-corrected chi connectivity index (χ0v) is 6.76. The molecule has 0 aromatic heterocycles. The van der Waals surface area contributed by atoms with E-state index in [0.29, 0.717) is 6.54 Å². The molecule has 0 saturated heterocycles. The van der Waals surface area contributed by atoms with E-state index in [0.717, 1.165) is 0 Å². The Morgan fingerprint density at radius 1 is 1.55 bits per heavy atom. The van der Waals surface area contributed by atoms with E-state index in [-0.39, 0.29) is 0 Å². The Bertz CT molecular complexity index is 175. The number of likely N-dealkylation sites (N-methyl/N-ethyl adjacent to an activating group) is 1. The molecule has 1 N–H and O–H groups in total. The van der Waals surface area contributed by atoms with Crippen molar-refractivity contribution in [1.82, 2.24) is 10.2 Å². The van der Waals surface area contributed by atoms with Crippen molar-refractivity contribution in [3.63, 3.8) is 0 Å². The van der Waals surface area contributed by atoms with Crippen LogP contribution in [-0.4, -0.2) is 37.4 Å². The van der Waals surface area contributed by atoms with E-state index in [9.17, 15) is 9.59 Å². The molecular formula is C7H12N2O2. The minimum Gasteiger partial charge on any atom is -0.344 e. The number of amides is 2. The molecule has 4 heteroatoms. The smallest absolute Gasteiger partial charge is 0.311 e. The van der Waals surface area contributed by atoms with Crippen LogP contribution in [-0.2, 0) is 9.59 Å². The lowest BCUT2D eigenvalue weighted by Gasteiger charge is -2.08. The molecule has 0 rings (SSSR count). The first-order valence-electron chi connectivity index (χ1n) is 3.20. The van der Waals surface area contributed by atoms with Gasteiger partial charge < -0.3 is 10.2 Å². The molecule has 0 aliphatic carbocycles. The van der Waals surface area contributed by atoms with Crippen LogP contribution in [0.5, 0.6) is 0 Å². The predicted molar refractivity (Wildman–Crippen MR) is 41.9 cm³/mol. The summed E-state index contributed by atoms with van der Waals surface area (Å²) in [5.74, 6) is -1.15. The van der Waals surface area contributed by atoms with Crippen molar-refractivity contribution in [2.24, 2.45) is 0 Å². The normalized spacial score (nSPS) is 8.55. The Morgan fingerprint density at radius 3 is 2.45 bits per heavy atom. The Morgan fingerprint density at radius 2 is 2.09 bits per heavy atom. The van der Waals surface area contributed by atoms with Gasteiger partial charge in [-0.1, -0.05) is 6.08 Å². The minimum atomic E-state index is -0.602. The fourth-order valence-electron chi connectivity index (χ4n) is 0.444. The fourth-order valence-corrected chi connectivity index (χ4v) is 0.444. The molecule has 11 heavy (non-hydrogen) atoms. The van der Waals surface area contributed by atoms with Gasteiger partial charge in [0.15, 0.2) is 0 Å². The number of carbonyl (C=O) groups excluding carboxylic acids is 2. The molecule has 0 spiro atoms. The second-order valence-corrected chi connectivity index (χ2v) is 2.20. The van der Waals surface area contributed by atoms with Crippen molar-refractivity contribution in [2.45, 2.75) is 0 Å². The SMILES string of the molecule is C=CCNC(=O)C(=O)N(C)C. The quantitative estimate of drug-likeness (QED) is 0.428. The number of hydrogen-bond acceptors (Lipinski definition) is 2. The van der Waals surface area contributed by atoms with Gasteiger partial charge in [-0.3, -0.25) is 9.59 Å². The molecule has 0 aliphatic heterocycles. The highest BCUT2D eigenvalue weighted by atomic mass is 16.2. The number of hydrogen-bond donors (Lipinski definition) is 1. The van der Waals surface area contributed by atoms with E-state index in [4.69, 9.17) is 0 Å². The lowest BCUT2D eigenvalue weighted by molar-refractivity contribution is -0.144. The van der Waals surface area contributed by atoms with Crippen LogP contribution in [0.25, 0.3) is 0 Å². The second-order valence-electron chi connectivity index (χ2n) is 2.20. The highest BCUT2D eigenvalue weighted by Crippen LogP contribution is 1.77. The van der Waals surface area contributed by atoms with Crippen LogP contribution < -0.4 is 5.32 Å². The van der Waals surface area contributed by atoms with Crippen LogP contribution in [0, 0.1) is 0 Å². The summed E-state index contributed by atoms with van der Waals surface area (Å²) in [5, 5.41) is 2.37. The van der Waals surface area contributed by atoms with Gasteiger partial charge in [0.1, 0.15) is 0 Å². The maximum atomic E-state index is 10.8. The van der Waals surface area contributed by atoms with Crippen molar-refractivity contribution in [2.75, 3.05) is 20.6 Å². The number of rotatable bonds is 2. The van der Waals surface area contributed by atoms with Crippen LogP contribution in [0.4, 0.5) is 0 Å². The van der Waals surface area contributed by atoms with E-state index >= 15 is 0 Å². The Kier molecular flexibility index (Phi) is 3.95. The first-order valence-corrected chi connectivity index (χ1v) is 3.20. The molecule has 0 heterocycles. The molecule has 0 saturated carbocycles. The first-order chi connectivity index (χ1) is 5.09. The summed E-state index contributed by atoms with van der Waals surface area (Å²) in [5.41, 5.74) is 0. The van der Waals surface area contributed by atoms with E-state index < -0.39 is 11.8 Å². The van der Waals surface area contributed by atoms with Gasteiger partial charge in [0.05, 0.1) is 0 Å². The Balaban J connectivity index is 3.83. The van der Waals surface area contributed by atoms with Gasteiger partial charge in [0, 0.05) is 20.6 Å². The Hall–Kier alpha value is -1.32. The number of nitrogens with zero attached hydrogens (tertiary/aromatic N) is 1. The van der Waals surface area contributed by atoms with E-state index in [2.05, 4.69) is 11.9 Å². The van der Waals surface area contributed by atoms with Gasteiger partial charge in [0.2, 0.25) is 0 Å². The van der Waals surface area contributed by atoms with Crippen LogP contribution >= 0.6 is 0 Å². The zero-order chi connectivity index (χ0) is 8.85. The maximum Gasteiger partial charge on any atom is 0.311 e. The zero-order valence-electron chi connectivity index (χ0n) is 6.76. The van der Waals surface area contributed by atoms with Gasteiger partial charge in [-0.05, 0) is 0 Å². The predicted octanol–water partition coefficient (Wildman–Crippen LogP) is -0.623. The highest BCUT2D eigenvalue weighted by Gasteiger charge is 2.13. The minimum absolute atomic E-state index is 0.318. The summed E-state index contributed by atoms with van der Waals surface area (Å²) >= 11 is 0. The molecule has 0 atom stereocenters.